The predicted octanol–water partition coefficient (Wildman–Crippen LogP) is 3.26. The number of primary amides is 1. The number of rotatable bonds is 9. The van der Waals surface area contributed by atoms with Crippen molar-refractivity contribution in [2.24, 2.45) is 5.73 Å². The maximum absolute atomic E-state index is 12.1. The summed E-state index contributed by atoms with van der Waals surface area (Å²) < 4.78 is 0. The fraction of sp³-hybridized carbons (Fsp3) is 0.409. The Morgan fingerprint density at radius 2 is 1.73 bits per heavy atom. The van der Waals surface area contributed by atoms with Crippen LogP contribution in [0.3, 0.4) is 0 Å². The smallest absolute Gasteiger partial charge is 0.225 e. The van der Waals surface area contributed by atoms with Crippen molar-refractivity contribution in [2.75, 3.05) is 14.1 Å². The molecule has 3 atom stereocenters. The van der Waals surface area contributed by atoms with E-state index >= 15 is 0 Å². The highest BCUT2D eigenvalue weighted by atomic mass is 16.3. The Bertz CT molecular complexity index is 700. The SMILES string of the molecule is CCC(CC(C(N)=O)c1cccc(C(O)Cc2ccccc2)c1)N(C)C. The average Bonchev–Trinajstić information content (AvgIpc) is 2.63. The van der Waals surface area contributed by atoms with E-state index in [1.54, 1.807) is 0 Å². The van der Waals surface area contributed by atoms with Crippen LogP contribution in [0.1, 0.15) is 48.5 Å². The molecule has 4 heteroatoms. The molecule has 0 radical (unpaired) electrons. The molecule has 3 N–H and O–H groups in total. The third-order valence-electron chi connectivity index (χ3n) is 5.02. The molecular formula is C22H30N2O2. The fourth-order valence-corrected chi connectivity index (χ4v) is 3.37. The number of amides is 1. The van der Waals surface area contributed by atoms with Crippen LogP contribution in [0.25, 0.3) is 0 Å². The highest BCUT2D eigenvalue weighted by Gasteiger charge is 2.24. The van der Waals surface area contributed by atoms with Gasteiger partial charge in [0.25, 0.3) is 0 Å². The second kappa shape index (κ2) is 9.51. The first kappa shape index (κ1) is 20.1. The summed E-state index contributed by atoms with van der Waals surface area (Å²) in [5.41, 5.74) is 8.47. The highest BCUT2D eigenvalue weighted by molar-refractivity contribution is 5.82. The standard InChI is InChI=1S/C22H30N2O2/c1-4-19(24(2)3)15-20(22(23)26)17-11-8-12-18(14-17)21(25)13-16-9-6-5-7-10-16/h5-12,14,19-21,25H,4,13,15H2,1-3H3,(H2,23,26). The lowest BCUT2D eigenvalue weighted by Crippen LogP contribution is -2.33. The highest BCUT2D eigenvalue weighted by Crippen LogP contribution is 2.27. The summed E-state index contributed by atoms with van der Waals surface area (Å²) in [6, 6.07) is 17.8. The first-order chi connectivity index (χ1) is 12.4. The summed E-state index contributed by atoms with van der Waals surface area (Å²) >= 11 is 0. The largest absolute Gasteiger partial charge is 0.388 e. The molecule has 0 aliphatic rings. The Labute approximate surface area is 156 Å². The van der Waals surface area contributed by atoms with Gasteiger partial charge in [0.1, 0.15) is 0 Å². The van der Waals surface area contributed by atoms with Crippen molar-refractivity contribution >= 4 is 5.91 Å². The molecular weight excluding hydrogens is 324 g/mol. The molecule has 0 aliphatic carbocycles. The summed E-state index contributed by atoms with van der Waals surface area (Å²) in [6.07, 6.45) is 1.56. The third-order valence-corrected chi connectivity index (χ3v) is 5.02. The van der Waals surface area contributed by atoms with Gasteiger partial charge in [-0.25, -0.2) is 0 Å². The van der Waals surface area contributed by atoms with E-state index in [0.29, 0.717) is 12.8 Å². The van der Waals surface area contributed by atoms with Crippen LogP contribution in [0.15, 0.2) is 54.6 Å². The number of benzene rings is 2. The van der Waals surface area contributed by atoms with Crippen LogP contribution >= 0.6 is 0 Å². The van der Waals surface area contributed by atoms with Gasteiger partial charge in [-0.3, -0.25) is 4.79 Å². The molecule has 0 spiro atoms. The maximum Gasteiger partial charge on any atom is 0.225 e. The average molecular weight is 354 g/mol. The Balaban J connectivity index is 2.20. The summed E-state index contributed by atoms with van der Waals surface area (Å²) in [4.78, 5) is 14.2. The zero-order chi connectivity index (χ0) is 19.1. The van der Waals surface area contributed by atoms with Crippen LogP contribution in [0.2, 0.25) is 0 Å². The van der Waals surface area contributed by atoms with Gasteiger partial charge in [0.2, 0.25) is 5.91 Å². The minimum absolute atomic E-state index is 0.283. The van der Waals surface area contributed by atoms with Gasteiger partial charge in [0.15, 0.2) is 0 Å². The number of hydrogen-bond donors (Lipinski definition) is 2. The topological polar surface area (TPSA) is 66.6 Å². The summed E-state index contributed by atoms with van der Waals surface area (Å²) in [5.74, 6) is -0.675. The molecule has 0 fully saturated rings. The van der Waals surface area contributed by atoms with Crippen LogP contribution in [0, 0.1) is 0 Å². The van der Waals surface area contributed by atoms with Gasteiger partial charge in [-0.2, -0.15) is 0 Å². The van der Waals surface area contributed by atoms with E-state index in [-0.39, 0.29) is 17.9 Å². The number of carbonyl (C=O) groups is 1. The van der Waals surface area contributed by atoms with E-state index in [1.165, 1.54) is 0 Å². The molecule has 0 saturated heterocycles. The Kier molecular flexibility index (Phi) is 7.37. The van der Waals surface area contributed by atoms with Crippen molar-refractivity contribution in [3.05, 3.63) is 71.3 Å². The monoisotopic (exact) mass is 354 g/mol. The minimum atomic E-state index is -0.610. The van der Waals surface area contributed by atoms with Crippen molar-refractivity contribution in [3.63, 3.8) is 0 Å². The zero-order valence-corrected chi connectivity index (χ0v) is 15.9. The van der Waals surface area contributed by atoms with E-state index in [4.69, 9.17) is 5.73 Å². The van der Waals surface area contributed by atoms with Gasteiger partial charge in [-0.05, 0) is 43.6 Å². The number of aliphatic hydroxyl groups is 1. The Morgan fingerprint density at radius 3 is 2.31 bits per heavy atom. The molecule has 0 bridgehead atoms. The number of nitrogens with zero attached hydrogens (tertiary/aromatic N) is 1. The normalized spacial score (nSPS) is 14.8. The molecule has 3 unspecified atom stereocenters. The fourth-order valence-electron chi connectivity index (χ4n) is 3.37. The van der Waals surface area contributed by atoms with Gasteiger partial charge in [-0.1, -0.05) is 61.5 Å². The molecule has 0 aromatic heterocycles. The van der Waals surface area contributed by atoms with Gasteiger partial charge < -0.3 is 15.7 Å². The molecule has 140 valence electrons. The Hall–Kier alpha value is -2.17. The molecule has 0 saturated carbocycles. The number of aliphatic hydroxyl groups excluding tert-OH is 1. The third kappa shape index (κ3) is 5.41. The lowest BCUT2D eigenvalue weighted by molar-refractivity contribution is -0.119. The lowest BCUT2D eigenvalue weighted by atomic mass is 9.88. The van der Waals surface area contributed by atoms with Gasteiger partial charge in [0.05, 0.1) is 12.0 Å². The number of nitrogens with two attached hydrogens (primary N) is 1. The van der Waals surface area contributed by atoms with Crippen LogP contribution in [0.4, 0.5) is 0 Å². The molecule has 2 aromatic carbocycles. The maximum atomic E-state index is 12.1. The van der Waals surface area contributed by atoms with E-state index in [9.17, 15) is 9.90 Å². The molecule has 26 heavy (non-hydrogen) atoms. The summed E-state index contributed by atoms with van der Waals surface area (Å²) in [7, 11) is 4.04. The van der Waals surface area contributed by atoms with Crippen LogP contribution in [0.5, 0.6) is 0 Å². The minimum Gasteiger partial charge on any atom is -0.388 e. The van der Waals surface area contributed by atoms with E-state index in [1.807, 2.05) is 68.7 Å². The molecule has 1 amide bonds. The molecule has 0 heterocycles. The van der Waals surface area contributed by atoms with Crippen molar-refractivity contribution in [2.45, 2.75) is 44.2 Å². The van der Waals surface area contributed by atoms with E-state index in [0.717, 1.165) is 23.1 Å². The number of hydrogen-bond acceptors (Lipinski definition) is 3. The van der Waals surface area contributed by atoms with Crippen molar-refractivity contribution in [1.82, 2.24) is 4.90 Å². The first-order valence-electron chi connectivity index (χ1n) is 9.20. The van der Waals surface area contributed by atoms with Crippen LogP contribution < -0.4 is 5.73 Å². The van der Waals surface area contributed by atoms with Crippen molar-refractivity contribution in [3.8, 4) is 0 Å². The molecule has 2 aromatic rings. The van der Waals surface area contributed by atoms with Crippen LogP contribution in [-0.2, 0) is 11.2 Å². The van der Waals surface area contributed by atoms with Gasteiger partial charge >= 0.3 is 0 Å². The zero-order valence-electron chi connectivity index (χ0n) is 15.9. The Morgan fingerprint density at radius 1 is 1.08 bits per heavy atom. The van der Waals surface area contributed by atoms with Gasteiger partial charge in [0, 0.05) is 12.5 Å². The molecule has 4 nitrogen and oxygen atoms in total. The second-order valence-electron chi connectivity index (χ2n) is 7.09. The molecule has 2 rings (SSSR count). The predicted molar refractivity (Wildman–Crippen MR) is 106 cm³/mol. The van der Waals surface area contributed by atoms with Gasteiger partial charge in [-0.15, -0.1) is 0 Å². The van der Waals surface area contributed by atoms with Crippen molar-refractivity contribution < 1.29 is 9.90 Å². The summed E-state index contributed by atoms with van der Waals surface area (Å²) in [5, 5.41) is 10.6. The second-order valence-corrected chi connectivity index (χ2v) is 7.09. The number of carbonyl (C=O) groups excluding carboxylic acids is 1. The van der Waals surface area contributed by atoms with Crippen LogP contribution in [-0.4, -0.2) is 36.1 Å². The summed E-state index contributed by atoms with van der Waals surface area (Å²) in [6.45, 7) is 2.11. The van der Waals surface area contributed by atoms with Crippen molar-refractivity contribution in [1.29, 1.82) is 0 Å². The lowest BCUT2D eigenvalue weighted by Gasteiger charge is -2.27. The molecule has 0 aliphatic heterocycles. The first-order valence-corrected chi connectivity index (χ1v) is 9.20. The quantitative estimate of drug-likeness (QED) is 0.726. The van der Waals surface area contributed by atoms with E-state index in [2.05, 4.69) is 11.8 Å². The van der Waals surface area contributed by atoms with E-state index < -0.39 is 6.10 Å².